The molecule has 0 bridgehead atoms. The van der Waals surface area contributed by atoms with Crippen molar-refractivity contribution < 1.29 is 18.7 Å². The van der Waals surface area contributed by atoms with E-state index >= 15 is 0 Å². The number of nitrogens with zero attached hydrogens (tertiary/aromatic N) is 1. The quantitative estimate of drug-likeness (QED) is 0.783. The van der Waals surface area contributed by atoms with Crippen molar-refractivity contribution in [1.29, 1.82) is 0 Å². The van der Waals surface area contributed by atoms with Crippen LogP contribution >= 0.6 is 0 Å². The molecule has 26 heavy (non-hydrogen) atoms. The van der Waals surface area contributed by atoms with Gasteiger partial charge in [-0.25, -0.2) is 4.39 Å². The van der Waals surface area contributed by atoms with E-state index in [1.165, 1.54) is 11.0 Å². The number of aliphatic hydroxyl groups excluding tert-OH is 1. The van der Waals surface area contributed by atoms with Gasteiger partial charge >= 0.3 is 0 Å². The van der Waals surface area contributed by atoms with Crippen LogP contribution in [0.5, 0.6) is 0 Å². The van der Waals surface area contributed by atoms with Crippen molar-refractivity contribution in [2.24, 2.45) is 0 Å². The zero-order chi connectivity index (χ0) is 18.3. The van der Waals surface area contributed by atoms with Crippen LogP contribution < -0.4 is 5.43 Å². The SMILES string of the molecule is O=C1c2oc3ccccc3c(=O)c2[C@@H](c2ccccc2F)N1CCCO. The van der Waals surface area contributed by atoms with Gasteiger partial charge in [0, 0.05) is 18.7 Å². The maximum Gasteiger partial charge on any atom is 0.290 e. The van der Waals surface area contributed by atoms with Crippen molar-refractivity contribution in [3.8, 4) is 0 Å². The molecule has 0 saturated heterocycles. The Morgan fingerprint density at radius 3 is 2.58 bits per heavy atom. The number of para-hydroxylation sites is 1. The predicted molar refractivity (Wildman–Crippen MR) is 93.5 cm³/mol. The van der Waals surface area contributed by atoms with E-state index in [9.17, 15) is 14.0 Å². The summed E-state index contributed by atoms with van der Waals surface area (Å²) in [5.41, 5.74) is 0.368. The fraction of sp³-hybridized carbons (Fsp3) is 0.200. The summed E-state index contributed by atoms with van der Waals surface area (Å²) in [5, 5.41) is 9.50. The summed E-state index contributed by atoms with van der Waals surface area (Å²) in [7, 11) is 0. The lowest BCUT2D eigenvalue weighted by molar-refractivity contribution is 0.0714. The number of hydrogen-bond acceptors (Lipinski definition) is 4. The van der Waals surface area contributed by atoms with Crippen LogP contribution in [-0.4, -0.2) is 29.1 Å². The number of carbonyl (C=O) groups excluding carboxylic acids is 1. The maximum absolute atomic E-state index is 14.5. The molecular formula is C20H16FNO4. The Hall–Kier alpha value is -2.99. The molecular weight excluding hydrogens is 337 g/mol. The highest BCUT2D eigenvalue weighted by Crippen LogP contribution is 2.38. The third-order valence-corrected chi connectivity index (χ3v) is 4.63. The lowest BCUT2D eigenvalue weighted by Crippen LogP contribution is -2.31. The van der Waals surface area contributed by atoms with Crippen molar-refractivity contribution in [2.45, 2.75) is 12.5 Å². The van der Waals surface area contributed by atoms with Gasteiger partial charge < -0.3 is 14.4 Å². The Kier molecular flexibility index (Phi) is 4.05. The minimum atomic E-state index is -0.869. The molecule has 2 aromatic carbocycles. The van der Waals surface area contributed by atoms with E-state index in [4.69, 9.17) is 9.52 Å². The van der Waals surface area contributed by atoms with E-state index in [1.54, 1.807) is 42.5 Å². The highest BCUT2D eigenvalue weighted by atomic mass is 19.1. The molecule has 1 atom stereocenters. The van der Waals surface area contributed by atoms with Crippen molar-refractivity contribution in [1.82, 2.24) is 4.90 Å². The third-order valence-electron chi connectivity index (χ3n) is 4.63. The second-order valence-corrected chi connectivity index (χ2v) is 6.17. The first-order chi connectivity index (χ1) is 12.6. The Labute approximate surface area is 148 Å². The molecule has 0 spiro atoms. The van der Waals surface area contributed by atoms with Gasteiger partial charge in [0.25, 0.3) is 5.91 Å². The first-order valence-corrected chi connectivity index (χ1v) is 8.35. The number of amides is 1. The molecule has 2 heterocycles. The third kappa shape index (κ3) is 2.42. The summed E-state index contributed by atoms with van der Waals surface area (Å²) in [6.07, 6.45) is 0.318. The van der Waals surface area contributed by atoms with Gasteiger partial charge in [-0.3, -0.25) is 9.59 Å². The van der Waals surface area contributed by atoms with Gasteiger partial charge in [-0.2, -0.15) is 0 Å². The molecule has 1 amide bonds. The minimum absolute atomic E-state index is 0.0557. The van der Waals surface area contributed by atoms with Crippen LogP contribution in [0.25, 0.3) is 11.0 Å². The Balaban J connectivity index is 2.00. The van der Waals surface area contributed by atoms with Crippen LogP contribution in [0.3, 0.4) is 0 Å². The van der Waals surface area contributed by atoms with E-state index in [0.29, 0.717) is 17.4 Å². The normalized spacial score (nSPS) is 16.3. The lowest BCUT2D eigenvalue weighted by atomic mass is 9.98. The molecule has 6 heteroatoms. The highest BCUT2D eigenvalue weighted by molar-refractivity contribution is 5.99. The second-order valence-electron chi connectivity index (χ2n) is 6.17. The topological polar surface area (TPSA) is 70.8 Å². The zero-order valence-corrected chi connectivity index (χ0v) is 13.8. The Morgan fingerprint density at radius 2 is 1.81 bits per heavy atom. The van der Waals surface area contributed by atoms with Gasteiger partial charge in [0.2, 0.25) is 5.76 Å². The van der Waals surface area contributed by atoms with E-state index in [-0.39, 0.29) is 35.5 Å². The van der Waals surface area contributed by atoms with Crippen molar-refractivity contribution in [3.63, 3.8) is 0 Å². The average Bonchev–Trinajstić information content (AvgIpc) is 2.93. The van der Waals surface area contributed by atoms with Gasteiger partial charge in [-0.1, -0.05) is 30.3 Å². The Bertz CT molecular complexity index is 1060. The number of carbonyl (C=O) groups is 1. The molecule has 4 rings (SSSR count). The Morgan fingerprint density at radius 1 is 1.08 bits per heavy atom. The molecule has 0 saturated carbocycles. The van der Waals surface area contributed by atoms with Crippen molar-refractivity contribution in [3.05, 3.63) is 81.5 Å². The number of fused-ring (bicyclic) bond motifs is 2. The fourth-order valence-electron chi connectivity index (χ4n) is 3.46. The summed E-state index contributed by atoms with van der Waals surface area (Å²) >= 11 is 0. The van der Waals surface area contributed by atoms with E-state index in [0.717, 1.165) is 0 Å². The fourth-order valence-corrected chi connectivity index (χ4v) is 3.46. The van der Waals surface area contributed by atoms with Gasteiger partial charge in [0.15, 0.2) is 5.43 Å². The molecule has 1 N–H and O–H groups in total. The van der Waals surface area contributed by atoms with Crippen LogP contribution in [0.1, 0.15) is 34.1 Å². The molecule has 3 aromatic rings. The molecule has 0 aliphatic carbocycles. The average molecular weight is 353 g/mol. The standard InChI is InChI=1S/C20H16FNO4/c21-14-8-3-1-6-12(14)17-16-18(24)13-7-2-4-9-15(13)26-19(16)20(25)22(17)10-5-11-23/h1-4,6-9,17,23H,5,10-11H2/t17-/m1/s1. The molecule has 0 radical (unpaired) electrons. The van der Waals surface area contributed by atoms with E-state index in [1.807, 2.05) is 0 Å². The molecule has 1 aliphatic heterocycles. The molecule has 1 aromatic heterocycles. The van der Waals surface area contributed by atoms with E-state index in [2.05, 4.69) is 0 Å². The van der Waals surface area contributed by atoms with Crippen molar-refractivity contribution >= 4 is 16.9 Å². The van der Waals surface area contributed by atoms with E-state index < -0.39 is 17.8 Å². The van der Waals surface area contributed by atoms with Crippen LogP contribution in [0.4, 0.5) is 4.39 Å². The number of halogens is 1. The predicted octanol–water partition coefficient (Wildman–Crippen LogP) is 2.86. The summed E-state index contributed by atoms with van der Waals surface area (Å²) in [4.78, 5) is 27.3. The van der Waals surface area contributed by atoms with Crippen molar-refractivity contribution in [2.75, 3.05) is 13.2 Å². The van der Waals surface area contributed by atoms with Crippen LogP contribution in [0.2, 0.25) is 0 Å². The van der Waals surface area contributed by atoms with Gasteiger partial charge in [0.05, 0.1) is 17.0 Å². The first kappa shape index (κ1) is 16.5. The summed E-state index contributed by atoms with van der Waals surface area (Å²) in [6, 6.07) is 11.9. The smallest absolute Gasteiger partial charge is 0.290 e. The monoisotopic (exact) mass is 353 g/mol. The highest BCUT2D eigenvalue weighted by Gasteiger charge is 2.43. The number of aliphatic hydroxyl groups is 1. The molecule has 132 valence electrons. The number of hydrogen-bond donors (Lipinski definition) is 1. The maximum atomic E-state index is 14.5. The van der Waals surface area contributed by atoms with Crippen LogP contribution in [0.15, 0.2) is 57.7 Å². The van der Waals surface area contributed by atoms with Gasteiger partial charge in [-0.15, -0.1) is 0 Å². The lowest BCUT2D eigenvalue weighted by Gasteiger charge is -2.25. The van der Waals surface area contributed by atoms with Crippen LogP contribution in [-0.2, 0) is 0 Å². The largest absolute Gasteiger partial charge is 0.450 e. The number of benzene rings is 2. The van der Waals surface area contributed by atoms with Gasteiger partial charge in [0.1, 0.15) is 11.4 Å². The summed E-state index contributed by atoms with van der Waals surface area (Å²) < 4.78 is 20.2. The summed E-state index contributed by atoms with van der Waals surface area (Å²) in [6.45, 7) is 0.0712. The molecule has 0 fully saturated rings. The van der Waals surface area contributed by atoms with Crippen LogP contribution in [0, 0.1) is 5.82 Å². The first-order valence-electron chi connectivity index (χ1n) is 8.35. The molecule has 5 nitrogen and oxygen atoms in total. The second kappa shape index (κ2) is 6.38. The molecule has 1 aliphatic rings. The van der Waals surface area contributed by atoms with Gasteiger partial charge in [-0.05, 0) is 24.6 Å². The molecule has 0 unspecified atom stereocenters. The zero-order valence-electron chi connectivity index (χ0n) is 13.8. The summed E-state index contributed by atoms with van der Waals surface area (Å²) in [5.74, 6) is -1.02. The minimum Gasteiger partial charge on any atom is -0.450 e. The number of rotatable bonds is 4.